The number of halogens is 1. The molecular weight excluding hydrogens is 236 g/mol. The predicted octanol–water partition coefficient (Wildman–Crippen LogP) is 3.12. The number of hydrogen-bond acceptors (Lipinski definition) is 2. The summed E-state index contributed by atoms with van der Waals surface area (Å²) < 4.78 is 1.75. The van der Waals surface area contributed by atoms with Crippen molar-refractivity contribution in [2.75, 3.05) is 0 Å². The second kappa shape index (κ2) is 5.15. The van der Waals surface area contributed by atoms with Gasteiger partial charge in [-0.25, -0.2) is 0 Å². The number of carbonyl (C=O) groups excluding carboxylic acids is 1. The van der Waals surface area contributed by atoms with Crippen LogP contribution in [0.3, 0.4) is 0 Å². The standard InChI is InChI=1S/C13H13ClN2O/c1-10-12(14)9-15-16(10)8-7-13(17)11-5-3-2-4-6-11/h2-6,9H,7-8H2,1H3. The Balaban J connectivity index is 2.00. The minimum absolute atomic E-state index is 0.122. The zero-order valence-corrected chi connectivity index (χ0v) is 10.3. The Hall–Kier alpha value is -1.61. The van der Waals surface area contributed by atoms with Crippen molar-refractivity contribution in [3.05, 3.63) is 52.8 Å². The van der Waals surface area contributed by atoms with Crippen LogP contribution in [0.4, 0.5) is 0 Å². The molecular formula is C13H13ClN2O. The van der Waals surface area contributed by atoms with Gasteiger partial charge in [-0.2, -0.15) is 5.10 Å². The number of nitrogens with zero attached hydrogens (tertiary/aromatic N) is 2. The maximum Gasteiger partial charge on any atom is 0.164 e. The molecule has 0 aliphatic carbocycles. The molecule has 0 unspecified atom stereocenters. The number of hydrogen-bond donors (Lipinski definition) is 0. The van der Waals surface area contributed by atoms with Gasteiger partial charge >= 0.3 is 0 Å². The van der Waals surface area contributed by atoms with E-state index in [1.807, 2.05) is 37.3 Å². The molecule has 2 aromatic rings. The Labute approximate surface area is 105 Å². The topological polar surface area (TPSA) is 34.9 Å². The molecule has 88 valence electrons. The molecule has 0 fully saturated rings. The lowest BCUT2D eigenvalue weighted by atomic mass is 10.1. The summed E-state index contributed by atoms with van der Waals surface area (Å²) in [5, 5.41) is 4.75. The van der Waals surface area contributed by atoms with Crippen LogP contribution < -0.4 is 0 Å². The zero-order valence-electron chi connectivity index (χ0n) is 9.56. The summed E-state index contributed by atoms with van der Waals surface area (Å²) in [5.41, 5.74) is 1.64. The number of benzene rings is 1. The molecule has 0 aliphatic heterocycles. The lowest BCUT2D eigenvalue weighted by Gasteiger charge is -2.04. The number of ketones is 1. The fourth-order valence-electron chi connectivity index (χ4n) is 1.62. The predicted molar refractivity (Wildman–Crippen MR) is 67.4 cm³/mol. The maximum absolute atomic E-state index is 11.9. The van der Waals surface area contributed by atoms with Gasteiger partial charge < -0.3 is 0 Å². The van der Waals surface area contributed by atoms with Crippen LogP contribution in [-0.4, -0.2) is 15.6 Å². The molecule has 0 bridgehead atoms. The third-order valence-corrected chi connectivity index (χ3v) is 3.06. The minimum atomic E-state index is 0.122. The summed E-state index contributed by atoms with van der Waals surface area (Å²) in [5.74, 6) is 0.122. The molecule has 3 nitrogen and oxygen atoms in total. The van der Waals surface area contributed by atoms with Crippen molar-refractivity contribution in [3.8, 4) is 0 Å². The molecule has 0 amide bonds. The first-order chi connectivity index (χ1) is 8.18. The van der Waals surface area contributed by atoms with Crippen LogP contribution in [0, 0.1) is 6.92 Å². The molecule has 1 aromatic carbocycles. The normalized spacial score (nSPS) is 10.5. The quantitative estimate of drug-likeness (QED) is 0.780. The third-order valence-electron chi connectivity index (χ3n) is 2.69. The van der Waals surface area contributed by atoms with Crippen LogP contribution in [0.2, 0.25) is 5.02 Å². The molecule has 1 aromatic heterocycles. The van der Waals surface area contributed by atoms with Gasteiger partial charge in [0.25, 0.3) is 0 Å². The fourth-order valence-corrected chi connectivity index (χ4v) is 1.77. The monoisotopic (exact) mass is 248 g/mol. The molecule has 2 rings (SSSR count). The molecule has 0 spiro atoms. The van der Waals surface area contributed by atoms with E-state index in [1.54, 1.807) is 10.9 Å². The van der Waals surface area contributed by atoms with Gasteiger partial charge in [0.15, 0.2) is 5.78 Å². The minimum Gasteiger partial charge on any atom is -0.294 e. The van der Waals surface area contributed by atoms with Crippen molar-refractivity contribution in [1.82, 2.24) is 9.78 Å². The van der Waals surface area contributed by atoms with E-state index in [0.717, 1.165) is 11.3 Å². The molecule has 0 saturated heterocycles. The Bertz CT molecular complexity index is 519. The molecule has 0 radical (unpaired) electrons. The van der Waals surface area contributed by atoms with Crippen LogP contribution in [-0.2, 0) is 6.54 Å². The first-order valence-corrected chi connectivity index (χ1v) is 5.82. The van der Waals surface area contributed by atoms with Crippen molar-refractivity contribution in [1.29, 1.82) is 0 Å². The van der Waals surface area contributed by atoms with Crippen LogP contribution in [0.5, 0.6) is 0 Å². The molecule has 1 heterocycles. The molecule has 0 saturated carbocycles. The molecule has 17 heavy (non-hydrogen) atoms. The highest BCUT2D eigenvalue weighted by Gasteiger charge is 2.08. The summed E-state index contributed by atoms with van der Waals surface area (Å²) in [7, 11) is 0. The van der Waals surface area contributed by atoms with Gasteiger partial charge in [-0.3, -0.25) is 9.48 Å². The van der Waals surface area contributed by atoms with Gasteiger partial charge in [0.2, 0.25) is 0 Å². The summed E-state index contributed by atoms with van der Waals surface area (Å²) in [6, 6.07) is 9.28. The van der Waals surface area contributed by atoms with Crippen molar-refractivity contribution < 1.29 is 4.79 Å². The summed E-state index contributed by atoms with van der Waals surface area (Å²) in [6.07, 6.45) is 2.03. The van der Waals surface area contributed by atoms with E-state index in [9.17, 15) is 4.79 Å². The van der Waals surface area contributed by atoms with Gasteiger partial charge in [0.05, 0.1) is 16.9 Å². The first kappa shape index (κ1) is 11.9. The van der Waals surface area contributed by atoms with Gasteiger partial charge in [-0.1, -0.05) is 41.9 Å². The van der Waals surface area contributed by atoms with Gasteiger partial charge in [-0.15, -0.1) is 0 Å². The second-order valence-electron chi connectivity index (χ2n) is 3.84. The van der Waals surface area contributed by atoms with E-state index < -0.39 is 0 Å². The largest absolute Gasteiger partial charge is 0.294 e. The lowest BCUT2D eigenvalue weighted by Crippen LogP contribution is -2.08. The molecule has 0 aliphatic rings. The highest BCUT2D eigenvalue weighted by molar-refractivity contribution is 6.31. The lowest BCUT2D eigenvalue weighted by molar-refractivity contribution is 0.0975. The smallest absolute Gasteiger partial charge is 0.164 e. The number of carbonyl (C=O) groups is 1. The number of aromatic nitrogens is 2. The van der Waals surface area contributed by atoms with Crippen molar-refractivity contribution in [2.45, 2.75) is 19.9 Å². The van der Waals surface area contributed by atoms with E-state index in [1.165, 1.54) is 0 Å². The van der Waals surface area contributed by atoms with Gasteiger partial charge in [0.1, 0.15) is 0 Å². The maximum atomic E-state index is 11.9. The highest BCUT2D eigenvalue weighted by atomic mass is 35.5. The van der Waals surface area contributed by atoms with E-state index in [4.69, 9.17) is 11.6 Å². The van der Waals surface area contributed by atoms with Gasteiger partial charge in [-0.05, 0) is 6.92 Å². The highest BCUT2D eigenvalue weighted by Crippen LogP contribution is 2.14. The van der Waals surface area contributed by atoms with Crippen LogP contribution >= 0.6 is 11.6 Å². The average molecular weight is 249 g/mol. The van der Waals surface area contributed by atoms with Crippen LogP contribution in [0.15, 0.2) is 36.5 Å². The third kappa shape index (κ3) is 2.74. The molecule has 0 atom stereocenters. The summed E-state index contributed by atoms with van der Waals surface area (Å²) in [6.45, 7) is 2.45. The van der Waals surface area contributed by atoms with Crippen molar-refractivity contribution in [3.63, 3.8) is 0 Å². The van der Waals surface area contributed by atoms with Crippen LogP contribution in [0.1, 0.15) is 22.5 Å². The SMILES string of the molecule is Cc1c(Cl)cnn1CCC(=O)c1ccccc1. The summed E-state index contributed by atoms with van der Waals surface area (Å²) in [4.78, 5) is 11.9. The zero-order chi connectivity index (χ0) is 12.3. The Morgan fingerprint density at radius 3 is 2.65 bits per heavy atom. The number of aryl methyl sites for hydroxylation is 1. The number of Topliss-reactive ketones (excluding diaryl/α,β-unsaturated/α-hetero) is 1. The Morgan fingerprint density at radius 1 is 1.35 bits per heavy atom. The Morgan fingerprint density at radius 2 is 2.06 bits per heavy atom. The molecule has 4 heteroatoms. The van der Waals surface area contributed by atoms with E-state index in [2.05, 4.69) is 5.10 Å². The summed E-state index contributed by atoms with van der Waals surface area (Å²) >= 11 is 5.89. The fraction of sp³-hybridized carbons (Fsp3) is 0.231. The molecule has 0 N–H and O–H groups in total. The van der Waals surface area contributed by atoms with E-state index >= 15 is 0 Å². The van der Waals surface area contributed by atoms with Crippen LogP contribution in [0.25, 0.3) is 0 Å². The van der Waals surface area contributed by atoms with Crippen molar-refractivity contribution in [2.24, 2.45) is 0 Å². The van der Waals surface area contributed by atoms with Gasteiger partial charge in [0, 0.05) is 18.5 Å². The first-order valence-electron chi connectivity index (χ1n) is 5.44. The second-order valence-corrected chi connectivity index (χ2v) is 4.25. The Kier molecular flexibility index (Phi) is 3.59. The van der Waals surface area contributed by atoms with E-state index in [-0.39, 0.29) is 5.78 Å². The number of rotatable bonds is 4. The average Bonchev–Trinajstić information content (AvgIpc) is 2.68. The van der Waals surface area contributed by atoms with Crippen molar-refractivity contribution >= 4 is 17.4 Å². The van der Waals surface area contributed by atoms with E-state index in [0.29, 0.717) is 18.0 Å².